The zero-order valence-corrected chi connectivity index (χ0v) is 12.0. The van der Waals surface area contributed by atoms with Gasteiger partial charge in [-0.2, -0.15) is 0 Å². The Bertz CT molecular complexity index is 723. The summed E-state index contributed by atoms with van der Waals surface area (Å²) in [6.45, 7) is 1.62. The fourth-order valence-electron chi connectivity index (χ4n) is 2.24. The number of likely N-dealkylation sites (N-methyl/N-ethyl adjacent to an activating group) is 1. The van der Waals surface area contributed by atoms with Gasteiger partial charge in [-0.1, -0.05) is 0 Å². The molecule has 2 N–H and O–H groups in total. The molecule has 21 heavy (non-hydrogen) atoms. The molecule has 5 heteroatoms. The number of hydrogen-bond acceptors (Lipinski definition) is 5. The molecule has 108 valence electrons. The second-order valence-electron chi connectivity index (χ2n) is 5.18. The summed E-state index contributed by atoms with van der Waals surface area (Å²) in [7, 11) is 2.06. The number of pyridine rings is 1. The van der Waals surface area contributed by atoms with Gasteiger partial charge in [-0.3, -0.25) is 9.88 Å². The van der Waals surface area contributed by atoms with Gasteiger partial charge in [-0.25, -0.2) is 4.98 Å². The van der Waals surface area contributed by atoms with E-state index in [-0.39, 0.29) is 0 Å². The molecule has 0 radical (unpaired) electrons. The number of fused-ring (bicyclic) bond motifs is 1. The van der Waals surface area contributed by atoms with Crippen LogP contribution in [-0.2, 0) is 13.0 Å². The largest absolute Gasteiger partial charge is 0.439 e. The second-order valence-corrected chi connectivity index (χ2v) is 5.18. The Morgan fingerprint density at radius 2 is 2.00 bits per heavy atom. The molecule has 0 atom stereocenters. The Hall–Kier alpha value is -2.40. The van der Waals surface area contributed by atoms with Crippen LogP contribution >= 0.6 is 0 Å². The van der Waals surface area contributed by atoms with E-state index < -0.39 is 0 Å². The molecular weight excluding hydrogens is 264 g/mol. The summed E-state index contributed by atoms with van der Waals surface area (Å²) < 4.78 is 5.73. The first kappa shape index (κ1) is 13.6. The van der Waals surface area contributed by atoms with Crippen molar-refractivity contribution in [2.45, 2.75) is 13.0 Å². The summed E-state index contributed by atoms with van der Waals surface area (Å²) in [5.74, 6) is 0.716. The first-order chi connectivity index (χ1) is 10.2. The summed E-state index contributed by atoms with van der Waals surface area (Å²) in [6, 6.07) is 9.59. The highest BCUT2D eigenvalue weighted by molar-refractivity contribution is 5.76. The summed E-state index contributed by atoms with van der Waals surface area (Å²) in [4.78, 5) is 10.7. The molecule has 0 aliphatic heterocycles. The van der Waals surface area contributed by atoms with Crippen LogP contribution in [0.4, 0.5) is 5.69 Å². The van der Waals surface area contributed by atoms with Gasteiger partial charge in [0.1, 0.15) is 5.52 Å². The average Bonchev–Trinajstić information content (AvgIpc) is 2.87. The molecule has 0 bridgehead atoms. The van der Waals surface area contributed by atoms with E-state index in [1.54, 1.807) is 0 Å². The lowest BCUT2D eigenvalue weighted by atomic mass is 10.2. The van der Waals surface area contributed by atoms with Crippen molar-refractivity contribution in [3.8, 4) is 0 Å². The van der Waals surface area contributed by atoms with Crippen molar-refractivity contribution in [2.75, 3.05) is 19.3 Å². The summed E-state index contributed by atoms with van der Waals surface area (Å²) in [6.07, 6.45) is 4.62. The number of hydrogen-bond donors (Lipinski definition) is 1. The molecular formula is C16H18N4O. The van der Waals surface area contributed by atoms with E-state index in [4.69, 9.17) is 10.2 Å². The number of nitrogens with two attached hydrogens (primary N) is 1. The lowest BCUT2D eigenvalue weighted by Gasteiger charge is -2.14. The molecule has 0 saturated carbocycles. The molecule has 5 nitrogen and oxygen atoms in total. The van der Waals surface area contributed by atoms with Crippen molar-refractivity contribution >= 4 is 16.8 Å². The maximum atomic E-state index is 5.75. The summed E-state index contributed by atoms with van der Waals surface area (Å²) in [5.41, 5.74) is 9.32. The Balaban J connectivity index is 1.62. The number of benzene rings is 1. The summed E-state index contributed by atoms with van der Waals surface area (Å²) in [5, 5.41) is 0. The number of anilines is 1. The number of oxazole rings is 1. The highest BCUT2D eigenvalue weighted by atomic mass is 16.3. The molecule has 0 aliphatic rings. The second kappa shape index (κ2) is 5.93. The van der Waals surface area contributed by atoms with Crippen molar-refractivity contribution in [3.05, 3.63) is 54.2 Å². The van der Waals surface area contributed by atoms with E-state index in [2.05, 4.69) is 21.9 Å². The molecule has 3 rings (SSSR count). The molecule has 0 fully saturated rings. The Morgan fingerprint density at radius 1 is 1.19 bits per heavy atom. The highest BCUT2D eigenvalue weighted by Gasteiger charge is 2.08. The molecule has 2 heterocycles. The van der Waals surface area contributed by atoms with Gasteiger partial charge in [-0.15, -0.1) is 0 Å². The average molecular weight is 282 g/mol. The number of rotatable bonds is 5. The highest BCUT2D eigenvalue weighted by Crippen LogP contribution is 2.19. The van der Waals surface area contributed by atoms with Gasteiger partial charge in [0.2, 0.25) is 5.89 Å². The first-order valence-corrected chi connectivity index (χ1v) is 6.93. The third kappa shape index (κ3) is 3.38. The molecule has 2 aromatic heterocycles. The molecule has 1 aromatic carbocycles. The molecule has 0 aliphatic carbocycles. The minimum Gasteiger partial charge on any atom is -0.439 e. The minimum atomic E-state index is 0.680. The van der Waals surface area contributed by atoms with Gasteiger partial charge >= 0.3 is 0 Å². The van der Waals surface area contributed by atoms with Crippen LogP contribution in [0.15, 0.2) is 47.1 Å². The van der Waals surface area contributed by atoms with Crippen molar-refractivity contribution < 1.29 is 4.42 Å². The van der Waals surface area contributed by atoms with Crippen LogP contribution in [0.1, 0.15) is 11.5 Å². The monoisotopic (exact) mass is 282 g/mol. The number of nitrogen functional groups attached to an aromatic ring is 1. The van der Waals surface area contributed by atoms with E-state index in [0.29, 0.717) is 18.1 Å². The van der Waals surface area contributed by atoms with Crippen LogP contribution in [0.2, 0.25) is 0 Å². The zero-order chi connectivity index (χ0) is 14.7. The quantitative estimate of drug-likeness (QED) is 0.728. The fraction of sp³-hybridized carbons (Fsp3) is 0.250. The van der Waals surface area contributed by atoms with Crippen LogP contribution in [-0.4, -0.2) is 28.5 Å². The topological polar surface area (TPSA) is 68.2 Å². The van der Waals surface area contributed by atoms with Crippen LogP contribution < -0.4 is 5.73 Å². The van der Waals surface area contributed by atoms with Crippen LogP contribution in [0, 0.1) is 0 Å². The van der Waals surface area contributed by atoms with Crippen LogP contribution in [0.25, 0.3) is 11.1 Å². The zero-order valence-electron chi connectivity index (χ0n) is 12.0. The van der Waals surface area contributed by atoms with E-state index in [0.717, 1.165) is 24.1 Å². The van der Waals surface area contributed by atoms with Gasteiger partial charge in [0.05, 0.1) is 6.54 Å². The maximum absolute atomic E-state index is 5.75. The predicted molar refractivity (Wildman–Crippen MR) is 82.7 cm³/mol. The minimum absolute atomic E-state index is 0.680. The normalized spacial score (nSPS) is 11.3. The Kier molecular flexibility index (Phi) is 3.83. The van der Waals surface area contributed by atoms with Crippen molar-refractivity contribution in [2.24, 2.45) is 0 Å². The Labute approximate surface area is 123 Å². The van der Waals surface area contributed by atoms with Gasteiger partial charge in [0, 0.05) is 24.6 Å². The SMILES string of the molecule is CN(CCc1ccncc1)Cc1nc2cc(N)ccc2o1. The van der Waals surface area contributed by atoms with Crippen molar-refractivity contribution in [3.63, 3.8) is 0 Å². The van der Waals surface area contributed by atoms with E-state index in [1.807, 2.05) is 42.7 Å². The maximum Gasteiger partial charge on any atom is 0.209 e. The molecule has 0 spiro atoms. The lowest BCUT2D eigenvalue weighted by molar-refractivity contribution is 0.296. The van der Waals surface area contributed by atoms with Crippen LogP contribution in [0.5, 0.6) is 0 Å². The van der Waals surface area contributed by atoms with Gasteiger partial charge < -0.3 is 10.2 Å². The molecule has 3 aromatic rings. The molecule has 0 unspecified atom stereocenters. The standard InChI is InChI=1S/C16H18N4O/c1-20(9-6-12-4-7-18-8-5-12)11-16-19-14-10-13(17)2-3-15(14)21-16/h2-5,7-8,10H,6,9,11,17H2,1H3. The van der Waals surface area contributed by atoms with Crippen molar-refractivity contribution in [1.82, 2.24) is 14.9 Å². The predicted octanol–water partition coefficient (Wildman–Crippen LogP) is 2.48. The third-order valence-electron chi connectivity index (χ3n) is 3.39. The van der Waals surface area contributed by atoms with E-state index in [9.17, 15) is 0 Å². The van der Waals surface area contributed by atoms with E-state index in [1.165, 1.54) is 5.56 Å². The van der Waals surface area contributed by atoms with Gasteiger partial charge in [0.25, 0.3) is 0 Å². The Morgan fingerprint density at radius 3 is 2.81 bits per heavy atom. The van der Waals surface area contributed by atoms with Gasteiger partial charge in [0.15, 0.2) is 5.58 Å². The molecule has 0 amide bonds. The fourth-order valence-corrected chi connectivity index (χ4v) is 2.24. The molecule has 0 saturated heterocycles. The first-order valence-electron chi connectivity index (χ1n) is 6.93. The van der Waals surface area contributed by atoms with Crippen LogP contribution in [0.3, 0.4) is 0 Å². The number of aromatic nitrogens is 2. The number of nitrogens with zero attached hydrogens (tertiary/aromatic N) is 3. The van der Waals surface area contributed by atoms with E-state index >= 15 is 0 Å². The van der Waals surface area contributed by atoms with Crippen molar-refractivity contribution in [1.29, 1.82) is 0 Å². The third-order valence-corrected chi connectivity index (χ3v) is 3.39. The lowest BCUT2D eigenvalue weighted by Crippen LogP contribution is -2.20. The smallest absolute Gasteiger partial charge is 0.209 e. The summed E-state index contributed by atoms with van der Waals surface area (Å²) >= 11 is 0. The van der Waals surface area contributed by atoms with Gasteiger partial charge in [-0.05, 0) is 49.4 Å².